The van der Waals surface area contributed by atoms with Crippen LogP contribution in [0.25, 0.3) is 0 Å². The second-order valence-corrected chi connectivity index (χ2v) is 17.2. The van der Waals surface area contributed by atoms with Gasteiger partial charge in [-0.05, 0) is 69.2 Å². The largest absolute Gasteiger partial charge is 0.379 e. The Bertz CT molecular complexity index is 1970. The minimum Gasteiger partial charge on any atom is -0.379 e. The highest BCUT2D eigenvalue weighted by molar-refractivity contribution is 7.13. The second kappa shape index (κ2) is 21.8. The number of pyridine rings is 1. The molecule has 1 saturated heterocycles. The summed E-state index contributed by atoms with van der Waals surface area (Å²) in [6.07, 6.45) is 12.0. The number of carbonyl (C=O) groups is 5. The summed E-state index contributed by atoms with van der Waals surface area (Å²) in [7, 11) is 0. The maximum absolute atomic E-state index is 13.9. The maximum atomic E-state index is 13.9. The topological polar surface area (TPSA) is 202 Å². The van der Waals surface area contributed by atoms with Gasteiger partial charge in [0.25, 0.3) is 5.91 Å². The highest BCUT2D eigenvalue weighted by Gasteiger charge is 2.42. The summed E-state index contributed by atoms with van der Waals surface area (Å²) in [6, 6.07) is 10.9. The first-order valence-corrected chi connectivity index (χ1v) is 22.6. The number of anilines is 3. The Morgan fingerprint density at radius 2 is 1.61 bits per heavy atom. The Labute approximate surface area is 360 Å². The van der Waals surface area contributed by atoms with Crippen LogP contribution in [0.5, 0.6) is 0 Å². The molecule has 61 heavy (non-hydrogen) atoms. The van der Waals surface area contributed by atoms with Crippen LogP contribution >= 0.6 is 11.3 Å². The highest BCUT2D eigenvalue weighted by Crippen LogP contribution is 2.40. The number of nitrogens with zero attached hydrogens (tertiary/aromatic N) is 3. The predicted octanol–water partition coefficient (Wildman–Crippen LogP) is 4.63. The fraction of sp³-hybridized carbons (Fsp3) is 0.568. The first-order chi connectivity index (χ1) is 29.8. The van der Waals surface area contributed by atoms with Crippen LogP contribution < -0.4 is 26.6 Å². The first-order valence-electron chi connectivity index (χ1n) is 21.7. The van der Waals surface area contributed by atoms with Crippen molar-refractivity contribution in [2.75, 3.05) is 56.8 Å². The van der Waals surface area contributed by atoms with Crippen LogP contribution in [0.15, 0.2) is 48.0 Å². The number of ether oxygens (including phenoxy) is 3. The van der Waals surface area contributed by atoms with Crippen LogP contribution in [0.3, 0.4) is 0 Å². The van der Waals surface area contributed by atoms with Crippen molar-refractivity contribution in [1.82, 2.24) is 30.8 Å². The summed E-state index contributed by atoms with van der Waals surface area (Å²) in [5.41, 5.74) is 2.13. The first kappa shape index (κ1) is 44.3. The van der Waals surface area contributed by atoms with Gasteiger partial charge in [0.2, 0.25) is 23.6 Å². The number of amides is 5. The average molecular weight is 859 g/mol. The van der Waals surface area contributed by atoms with E-state index in [0.717, 1.165) is 74.6 Å². The Kier molecular flexibility index (Phi) is 15.8. The fourth-order valence-corrected chi connectivity index (χ4v) is 9.38. The van der Waals surface area contributed by atoms with E-state index in [1.807, 2.05) is 23.6 Å². The SMILES string of the molecule is O=C1CCC(N2Cc3c(NC(=O)CCOCCOCCOCCN[C@H]4CC[C@@H](NC(=O)C5(Cc6cccc(Nc7nccs7)n6)CCCCC5)CC4)cccc3C2=O)C(=O)N1. The number of benzene rings is 1. The van der Waals surface area contributed by atoms with Gasteiger partial charge in [-0.25, -0.2) is 9.97 Å². The number of hydrogen-bond donors (Lipinski definition) is 5. The third kappa shape index (κ3) is 12.2. The number of rotatable bonds is 21. The van der Waals surface area contributed by atoms with Gasteiger partial charge in [-0.3, -0.25) is 29.3 Å². The summed E-state index contributed by atoms with van der Waals surface area (Å²) in [4.78, 5) is 74.2. The number of aromatic nitrogens is 2. The fourth-order valence-electron chi connectivity index (χ4n) is 8.84. The normalized spacial score (nSPS) is 21.1. The number of imide groups is 1. The zero-order chi connectivity index (χ0) is 42.4. The van der Waals surface area contributed by atoms with Gasteiger partial charge in [-0.1, -0.05) is 31.4 Å². The van der Waals surface area contributed by atoms with Crippen LogP contribution in [0.2, 0.25) is 0 Å². The average Bonchev–Trinajstić information content (AvgIpc) is 3.90. The molecular weight excluding hydrogens is 801 g/mol. The van der Waals surface area contributed by atoms with Crippen molar-refractivity contribution in [3.05, 3.63) is 64.8 Å². The maximum Gasteiger partial charge on any atom is 0.255 e. The molecule has 2 aliphatic heterocycles. The van der Waals surface area contributed by atoms with Crippen LogP contribution in [-0.4, -0.2) is 109 Å². The molecule has 5 N–H and O–H groups in total. The summed E-state index contributed by atoms with van der Waals surface area (Å²) in [5, 5.41) is 18.2. The van der Waals surface area contributed by atoms with Crippen LogP contribution in [0, 0.1) is 5.41 Å². The Morgan fingerprint density at radius 1 is 0.869 bits per heavy atom. The van der Waals surface area contributed by atoms with E-state index in [9.17, 15) is 24.0 Å². The Balaban J connectivity index is 0.705. The monoisotopic (exact) mass is 858 g/mol. The quantitative estimate of drug-likeness (QED) is 0.0736. The van der Waals surface area contributed by atoms with Crippen molar-refractivity contribution >= 4 is 57.5 Å². The van der Waals surface area contributed by atoms with Crippen molar-refractivity contribution < 1.29 is 38.2 Å². The summed E-state index contributed by atoms with van der Waals surface area (Å²) in [5.74, 6) is -0.421. The van der Waals surface area contributed by atoms with Crippen molar-refractivity contribution in [3.63, 3.8) is 0 Å². The van der Waals surface area contributed by atoms with Gasteiger partial charge in [0.15, 0.2) is 5.13 Å². The van der Waals surface area contributed by atoms with E-state index in [1.54, 1.807) is 24.4 Å². The molecular formula is C44H58N8O8S. The van der Waals surface area contributed by atoms with E-state index in [0.29, 0.717) is 62.3 Å². The third-order valence-electron chi connectivity index (χ3n) is 12.1. The Hall–Kier alpha value is -4.81. The van der Waals surface area contributed by atoms with Crippen LogP contribution in [0.1, 0.15) is 98.7 Å². The molecule has 16 nitrogen and oxygen atoms in total. The van der Waals surface area contributed by atoms with Gasteiger partial charge < -0.3 is 40.4 Å². The number of thiazole rings is 1. The van der Waals surface area contributed by atoms with Gasteiger partial charge >= 0.3 is 0 Å². The number of carbonyl (C=O) groups excluding carboxylic acids is 5. The Morgan fingerprint density at radius 3 is 2.36 bits per heavy atom. The lowest BCUT2D eigenvalue weighted by atomic mass is 9.70. The van der Waals surface area contributed by atoms with Gasteiger partial charge in [-0.15, -0.1) is 11.3 Å². The van der Waals surface area contributed by atoms with E-state index < -0.39 is 17.4 Å². The number of fused-ring (bicyclic) bond motifs is 1. The number of nitrogens with one attached hydrogen (secondary N) is 5. The van der Waals surface area contributed by atoms with Gasteiger partial charge in [0.05, 0.1) is 51.5 Å². The molecule has 2 aliphatic carbocycles. The molecule has 2 saturated carbocycles. The van der Waals surface area contributed by atoms with Crippen molar-refractivity contribution in [3.8, 4) is 0 Å². The highest BCUT2D eigenvalue weighted by atomic mass is 32.1. The minimum atomic E-state index is -0.719. The standard InChI is InChI=1S/C44H58N8O8S/c53-38-15-14-36(40(55)51-38)52-29-34-33(41(52)56)7-5-8-35(34)49-39(54)16-21-58-23-25-60-26-24-59-22-19-45-30-10-12-31(13-11-30)48-42(57)44(17-2-1-3-18-44)28-32-6-4-9-37(47-32)50-43-46-20-27-61-43/h4-9,20,27,30-31,36,45H,1-3,10-19,21-26,28-29H2,(H,48,57)(H,49,54)(H,46,47,50)(H,51,53,55)/t30-,31+,36?. The summed E-state index contributed by atoms with van der Waals surface area (Å²) < 4.78 is 17.0. The second-order valence-electron chi connectivity index (χ2n) is 16.3. The van der Waals surface area contributed by atoms with E-state index in [1.165, 1.54) is 22.7 Å². The molecule has 4 aliphatic rings. The summed E-state index contributed by atoms with van der Waals surface area (Å²) in [6.45, 7) is 3.35. The third-order valence-corrected chi connectivity index (χ3v) is 12.8. The van der Waals surface area contributed by atoms with Gasteiger partial charge in [-0.2, -0.15) is 0 Å². The molecule has 0 radical (unpaired) electrons. The van der Waals surface area contributed by atoms with E-state index in [4.69, 9.17) is 19.2 Å². The van der Waals surface area contributed by atoms with E-state index in [-0.39, 0.29) is 62.1 Å². The lowest BCUT2D eigenvalue weighted by Gasteiger charge is -2.38. The molecule has 1 unspecified atom stereocenters. The van der Waals surface area contributed by atoms with Crippen molar-refractivity contribution in [2.45, 2.75) is 108 Å². The predicted molar refractivity (Wildman–Crippen MR) is 229 cm³/mol. The van der Waals surface area contributed by atoms with Crippen LogP contribution in [0.4, 0.5) is 16.6 Å². The molecule has 328 valence electrons. The van der Waals surface area contributed by atoms with Gasteiger partial charge in [0, 0.05) is 72.1 Å². The molecule has 4 heterocycles. The number of piperidine rings is 1. The smallest absolute Gasteiger partial charge is 0.255 e. The van der Waals surface area contributed by atoms with Crippen LogP contribution in [-0.2, 0) is 46.4 Å². The lowest BCUT2D eigenvalue weighted by molar-refractivity contribution is -0.137. The zero-order valence-electron chi connectivity index (χ0n) is 34.7. The minimum absolute atomic E-state index is 0.128. The lowest BCUT2D eigenvalue weighted by Crippen LogP contribution is -2.52. The molecule has 5 amide bonds. The number of hydrogen-bond acceptors (Lipinski definition) is 13. The molecule has 7 rings (SSSR count). The molecule has 2 aromatic heterocycles. The molecule has 0 bridgehead atoms. The molecule has 0 spiro atoms. The van der Waals surface area contributed by atoms with Crippen molar-refractivity contribution in [2.24, 2.45) is 5.41 Å². The molecule has 3 fully saturated rings. The molecule has 1 atom stereocenters. The van der Waals surface area contributed by atoms with E-state index in [2.05, 4.69) is 31.6 Å². The summed E-state index contributed by atoms with van der Waals surface area (Å²) >= 11 is 1.53. The zero-order valence-corrected chi connectivity index (χ0v) is 35.5. The van der Waals surface area contributed by atoms with E-state index >= 15 is 0 Å². The molecule has 17 heteroatoms. The molecule has 3 aromatic rings. The van der Waals surface area contributed by atoms with Gasteiger partial charge in [0.1, 0.15) is 11.9 Å². The molecule has 1 aromatic carbocycles. The van der Waals surface area contributed by atoms with Crippen molar-refractivity contribution in [1.29, 1.82) is 0 Å².